The average Bonchev–Trinajstić information content (AvgIpc) is 3.41. The zero-order valence-electron chi connectivity index (χ0n) is 14.8. The fourth-order valence-corrected chi connectivity index (χ4v) is 3.82. The van der Waals surface area contributed by atoms with Crippen LogP contribution in [0, 0.1) is 5.92 Å². The summed E-state index contributed by atoms with van der Waals surface area (Å²) in [5.41, 5.74) is 0.423. The van der Waals surface area contributed by atoms with Crippen molar-refractivity contribution in [3.05, 3.63) is 63.6 Å². The highest BCUT2D eigenvalue weighted by atomic mass is 79.9. The zero-order chi connectivity index (χ0) is 19.8. The first kappa shape index (κ1) is 19.7. The van der Waals surface area contributed by atoms with E-state index < -0.39 is 23.6 Å². The van der Waals surface area contributed by atoms with Gasteiger partial charge in [0, 0.05) is 5.92 Å². The van der Waals surface area contributed by atoms with Gasteiger partial charge in [0.05, 0.1) is 23.2 Å². The molecular formula is C20H19BrF3NO2. The molecule has 3 unspecified atom stereocenters. The molecule has 0 aliphatic heterocycles. The summed E-state index contributed by atoms with van der Waals surface area (Å²) in [5, 5.41) is 2.90. The van der Waals surface area contributed by atoms with Crippen molar-refractivity contribution in [2.75, 3.05) is 7.11 Å². The van der Waals surface area contributed by atoms with Gasteiger partial charge in [-0.05, 0) is 64.5 Å². The number of halogens is 4. The van der Waals surface area contributed by atoms with Crippen molar-refractivity contribution in [1.82, 2.24) is 5.32 Å². The molecule has 1 saturated carbocycles. The van der Waals surface area contributed by atoms with Crippen LogP contribution in [0.25, 0.3) is 0 Å². The molecule has 3 atom stereocenters. The molecule has 1 amide bonds. The lowest BCUT2D eigenvalue weighted by Gasteiger charge is -2.16. The molecule has 27 heavy (non-hydrogen) atoms. The maximum atomic E-state index is 13.2. The third kappa shape index (κ3) is 4.29. The van der Waals surface area contributed by atoms with E-state index in [1.54, 1.807) is 19.2 Å². The second-order valence-corrected chi connectivity index (χ2v) is 7.51. The van der Waals surface area contributed by atoms with Gasteiger partial charge in [0.1, 0.15) is 5.75 Å². The highest BCUT2D eigenvalue weighted by Gasteiger charge is 2.48. The number of ether oxygens (including phenoxy) is 1. The number of hydrogen-bond donors (Lipinski definition) is 1. The van der Waals surface area contributed by atoms with Gasteiger partial charge in [0.15, 0.2) is 0 Å². The van der Waals surface area contributed by atoms with E-state index in [0.717, 1.165) is 16.1 Å². The Hall–Kier alpha value is -2.02. The second kappa shape index (κ2) is 7.54. The number of nitrogens with one attached hydrogen (secondary N) is 1. The molecule has 2 aromatic carbocycles. The van der Waals surface area contributed by atoms with Crippen LogP contribution in [0.5, 0.6) is 5.75 Å². The van der Waals surface area contributed by atoms with Crippen molar-refractivity contribution in [1.29, 1.82) is 0 Å². The lowest BCUT2D eigenvalue weighted by atomic mass is 10.0. The molecule has 1 aliphatic rings. The van der Waals surface area contributed by atoms with Gasteiger partial charge in [-0.2, -0.15) is 13.2 Å². The molecule has 0 saturated heterocycles. The van der Waals surface area contributed by atoms with Gasteiger partial charge in [-0.25, -0.2) is 0 Å². The Bertz CT molecular complexity index is 853. The standard InChI is InChI=1S/C20H19BrF3NO2/c1-11(12-7-8-18(27-2)17(21)9-12)25-19(26)15-10-14(15)13-5-3-4-6-16(13)20(22,23)24/h3-9,11,14-15H,10H2,1-2H3,(H,25,26). The van der Waals surface area contributed by atoms with E-state index in [0.29, 0.717) is 12.2 Å². The molecule has 2 aromatic rings. The molecule has 0 spiro atoms. The second-order valence-electron chi connectivity index (χ2n) is 6.66. The van der Waals surface area contributed by atoms with Gasteiger partial charge in [0.2, 0.25) is 5.91 Å². The minimum absolute atomic E-state index is 0.199. The normalized spacial score (nSPS) is 20.1. The maximum absolute atomic E-state index is 13.2. The van der Waals surface area contributed by atoms with Gasteiger partial charge >= 0.3 is 6.18 Å². The topological polar surface area (TPSA) is 38.3 Å². The number of benzene rings is 2. The van der Waals surface area contributed by atoms with Crippen molar-refractivity contribution in [3.8, 4) is 5.75 Å². The number of methoxy groups -OCH3 is 1. The number of amides is 1. The van der Waals surface area contributed by atoms with Crippen LogP contribution in [0.2, 0.25) is 0 Å². The van der Waals surface area contributed by atoms with Crippen LogP contribution in [0.4, 0.5) is 13.2 Å². The summed E-state index contributed by atoms with van der Waals surface area (Å²) in [5.74, 6) is -0.366. The Kier molecular flexibility index (Phi) is 5.51. The third-order valence-electron chi connectivity index (χ3n) is 4.83. The van der Waals surface area contributed by atoms with Crippen LogP contribution < -0.4 is 10.1 Å². The largest absolute Gasteiger partial charge is 0.496 e. The van der Waals surface area contributed by atoms with Crippen molar-refractivity contribution in [2.24, 2.45) is 5.92 Å². The maximum Gasteiger partial charge on any atom is 0.416 e. The van der Waals surface area contributed by atoms with Crippen LogP contribution in [0.1, 0.15) is 42.0 Å². The number of carbonyl (C=O) groups is 1. The van der Waals surface area contributed by atoms with Crippen molar-refractivity contribution >= 4 is 21.8 Å². The van der Waals surface area contributed by atoms with E-state index in [4.69, 9.17) is 4.74 Å². The van der Waals surface area contributed by atoms with Crippen molar-refractivity contribution in [2.45, 2.75) is 31.5 Å². The van der Waals surface area contributed by atoms with E-state index >= 15 is 0 Å². The lowest BCUT2D eigenvalue weighted by molar-refractivity contribution is -0.138. The fourth-order valence-electron chi connectivity index (χ4n) is 3.26. The summed E-state index contributed by atoms with van der Waals surface area (Å²) in [6.07, 6.45) is -3.99. The molecule has 1 fully saturated rings. The summed E-state index contributed by atoms with van der Waals surface area (Å²) in [6.45, 7) is 1.84. The molecule has 3 rings (SSSR count). The molecule has 0 aromatic heterocycles. The Balaban J connectivity index is 1.68. The molecular weight excluding hydrogens is 423 g/mol. The van der Waals surface area contributed by atoms with Gasteiger partial charge < -0.3 is 10.1 Å². The summed E-state index contributed by atoms with van der Waals surface area (Å²) in [4.78, 5) is 12.5. The Labute approximate surface area is 164 Å². The fraction of sp³-hybridized carbons (Fsp3) is 0.350. The first-order valence-corrected chi connectivity index (χ1v) is 9.31. The number of carbonyl (C=O) groups excluding carboxylic acids is 1. The average molecular weight is 442 g/mol. The summed E-state index contributed by atoms with van der Waals surface area (Å²) < 4.78 is 45.5. The summed E-state index contributed by atoms with van der Waals surface area (Å²) in [7, 11) is 1.57. The van der Waals surface area contributed by atoms with Gasteiger partial charge in [0.25, 0.3) is 0 Å². The summed E-state index contributed by atoms with van der Waals surface area (Å²) >= 11 is 3.41. The number of alkyl halides is 3. The van der Waals surface area contributed by atoms with E-state index in [1.807, 2.05) is 19.1 Å². The minimum atomic E-state index is -4.41. The van der Waals surface area contributed by atoms with Crippen LogP contribution >= 0.6 is 15.9 Å². The molecule has 3 nitrogen and oxygen atoms in total. The zero-order valence-corrected chi connectivity index (χ0v) is 16.4. The predicted molar refractivity (Wildman–Crippen MR) is 99.5 cm³/mol. The number of hydrogen-bond acceptors (Lipinski definition) is 2. The first-order chi connectivity index (χ1) is 12.7. The SMILES string of the molecule is COc1ccc(C(C)NC(=O)C2CC2c2ccccc2C(F)(F)F)cc1Br. The Morgan fingerprint density at radius 1 is 1.26 bits per heavy atom. The highest BCUT2D eigenvalue weighted by Crippen LogP contribution is 2.51. The van der Waals surface area contributed by atoms with Gasteiger partial charge in [-0.3, -0.25) is 4.79 Å². The molecule has 0 heterocycles. The van der Waals surface area contributed by atoms with Crippen LogP contribution in [-0.4, -0.2) is 13.0 Å². The molecule has 1 aliphatic carbocycles. The summed E-state index contributed by atoms with van der Waals surface area (Å²) in [6, 6.07) is 10.7. The van der Waals surface area contributed by atoms with E-state index in [1.165, 1.54) is 12.1 Å². The monoisotopic (exact) mass is 441 g/mol. The van der Waals surface area contributed by atoms with Crippen LogP contribution in [0.15, 0.2) is 46.9 Å². The van der Waals surface area contributed by atoms with Gasteiger partial charge in [-0.1, -0.05) is 24.3 Å². The van der Waals surface area contributed by atoms with Crippen LogP contribution in [-0.2, 0) is 11.0 Å². The third-order valence-corrected chi connectivity index (χ3v) is 5.45. The molecule has 7 heteroatoms. The molecule has 0 radical (unpaired) electrons. The first-order valence-electron chi connectivity index (χ1n) is 8.52. The smallest absolute Gasteiger partial charge is 0.416 e. The lowest BCUT2D eigenvalue weighted by Crippen LogP contribution is -2.28. The predicted octanol–water partition coefficient (Wildman–Crippen LogP) is 5.46. The van der Waals surface area contributed by atoms with E-state index in [2.05, 4.69) is 21.2 Å². The van der Waals surface area contributed by atoms with E-state index in [-0.39, 0.29) is 17.5 Å². The highest BCUT2D eigenvalue weighted by molar-refractivity contribution is 9.10. The number of rotatable bonds is 5. The van der Waals surface area contributed by atoms with Crippen molar-refractivity contribution < 1.29 is 22.7 Å². The van der Waals surface area contributed by atoms with E-state index in [9.17, 15) is 18.0 Å². The molecule has 1 N–H and O–H groups in total. The quantitative estimate of drug-likeness (QED) is 0.668. The Morgan fingerprint density at radius 2 is 1.96 bits per heavy atom. The van der Waals surface area contributed by atoms with Gasteiger partial charge in [-0.15, -0.1) is 0 Å². The van der Waals surface area contributed by atoms with Crippen molar-refractivity contribution in [3.63, 3.8) is 0 Å². The van der Waals surface area contributed by atoms with Crippen LogP contribution in [0.3, 0.4) is 0 Å². The molecule has 0 bridgehead atoms. The Morgan fingerprint density at radius 3 is 2.59 bits per heavy atom. The minimum Gasteiger partial charge on any atom is -0.496 e. The molecule has 144 valence electrons.